The highest BCUT2D eigenvalue weighted by Gasteiger charge is 2.26. The number of hydrogen-bond donors (Lipinski definition) is 4. The van der Waals surface area contributed by atoms with Crippen LogP contribution in [-0.2, 0) is 16.6 Å². The molecule has 0 radical (unpaired) electrons. The number of aromatic amines is 1. The van der Waals surface area contributed by atoms with Crippen LogP contribution in [0.5, 0.6) is 5.88 Å². The van der Waals surface area contributed by atoms with Crippen LogP contribution in [0.25, 0.3) is 22.2 Å². The molecule has 0 unspecified atom stereocenters. The average molecular weight is 612 g/mol. The van der Waals surface area contributed by atoms with E-state index in [1.54, 1.807) is 30.3 Å². The number of para-hydroxylation sites is 1. The van der Waals surface area contributed by atoms with Crippen LogP contribution in [-0.4, -0.2) is 91.5 Å². The summed E-state index contributed by atoms with van der Waals surface area (Å²) in [4.78, 5) is 36.5. The lowest BCUT2D eigenvalue weighted by atomic mass is 10.1. The van der Waals surface area contributed by atoms with Crippen LogP contribution >= 0.6 is 0 Å². The molecule has 1 fully saturated rings. The van der Waals surface area contributed by atoms with Gasteiger partial charge in [0.25, 0.3) is 0 Å². The molecule has 1 aromatic carbocycles. The Balaban J connectivity index is 1.09. The Morgan fingerprint density at radius 1 is 1.16 bits per heavy atom. The number of H-pyrrole nitrogens is 1. The third kappa shape index (κ3) is 7.02. The van der Waals surface area contributed by atoms with Crippen molar-refractivity contribution >= 4 is 40.2 Å². The molecule has 6 rings (SSSR count). The number of fused-ring (bicyclic) bond motifs is 1. The fourth-order valence-corrected chi connectivity index (χ4v) is 5.32. The Morgan fingerprint density at radius 2 is 2.04 bits per heavy atom. The van der Waals surface area contributed by atoms with Crippen molar-refractivity contribution in [2.24, 2.45) is 7.05 Å². The summed E-state index contributed by atoms with van der Waals surface area (Å²) in [5.41, 5.74) is 5.20. The van der Waals surface area contributed by atoms with E-state index in [-0.39, 0.29) is 18.6 Å². The maximum absolute atomic E-state index is 13.1. The summed E-state index contributed by atoms with van der Waals surface area (Å²) in [5.74, 6) is 2.04. The summed E-state index contributed by atoms with van der Waals surface area (Å²) in [7, 11) is 3.54. The van der Waals surface area contributed by atoms with Gasteiger partial charge in [0, 0.05) is 81.2 Å². The minimum Gasteiger partial charge on any atom is -0.473 e. The lowest BCUT2D eigenvalue weighted by molar-refractivity contribution is -0.117. The number of methoxy groups -OCH3 is 1. The number of anilines is 4. The Kier molecular flexibility index (Phi) is 8.84. The molecule has 4 aromatic heterocycles. The van der Waals surface area contributed by atoms with E-state index < -0.39 is 0 Å². The molecule has 5 heterocycles. The predicted molar refractivity (Wildman–Crippen MR) is 172 cm³/mol. The number of amides is 1. The number of carbonyl (C=O) groups excluding carboxylic acids is 1. The highest BCUT2D eigenvalue weighted by Crippen LogP contribution is 2.33. The number of carbonyl (C=O) groups is 1. The molecular weight excluding hydrogens is 574 g/mol. The Bertz CT molecular complexity index is 1780. The normalized spacial score (nSPS) is 15.0. The Hall–Kier alpha value is -5.08. The standard InChI is InChI=1S/C31H37N11O3/c1-19-15-35-31(37-25-14-20(2)41(3)40-25)39-28(19)23-16-34-29-22(23)6-5-7-24(29)36-26(43)18-42-12-9-21(17-42)45-27-8-10-32-30(38-27)33-11-13-44-4/h5-8,10,14-16,21,34H,9,11-13,17-18H2,1-4H3,(H,36,43)(H,32,33,38)(H,35,37,39,40)/t21-/m0/s1. The van der Waals surface area contributed by atoms with Crippen LogP contribution in [0, 0.1) is 13.8 Å². The van der Waals surface area contributed by atoms with E-state index in [1.165, 1.54) is 0 Å². The molecule has 14 nitrogen and oxygen atoms in total. The van der Waals surface area contributed by atoms with E-state index in [2.05, 4.69) is 45.9 Å². The van der Waals surface area contributed by atoms with E-state index >= 15 is 0 Å². The van der Waals surface area contributed by atoms with Gasteiger partial charge in [0.05, 0.1) is 30.0 Å². The van der Waals surface area contributed by atoms with Gasteiger partial charge in [-0.2, -0.15) is 10.1 Å². The molecule has 14 heteroatoms. The molecule has 0 bridgehead atoms. The van der Waals surface area contributed by atoms with Gasteiger partial charge in [-0.05, 0) is 31.9 Å². The van der Waals surface area contributed by atoms with Crippen LogP contribution in [0.1, 0.15) is 17.7 Å². The summed E-state index contributed by atoms with van der Waals surface area (Å²) in [6.45, 7) is 6.76. The summed E-state index contributed by atoms with van der Waals surface area (Å²) in [6, 6.07) is 9.52. The molecule has 1 aliphatic rings. The van der Waals surface area contributed by atoms with E-state index in [4.69, 9.17) is 14.5 Å². The summed E-state index contributed by atoms with van der Waals surface area (Å²) < 4.78 is 12.9. The van der Waals surface area contributed by atoms with Crippen LogP contribution in [0.4, 0.5) is 23.4 Å². The minimum absolute atomic E-state index is 0.0638. The second kappa shape index (κ2) is 13.3. The molecule has 0 spiro atoms. The average Bonchev–Trinajstić information content (AvgIpc) is 3.73. The van der Waals surface area contributed by atoms with Gasteiger partial charge in [-0.1, -0.05) is 12.1 Å². The number of rotatable bonds is 12. The number of likely N-dealkylation sites (tertiary alicyclic amines) is 1. The summed E-state index contributed by atoms with van der Waals surface area (Å²) in [6.07, 6.45) is 6.11. The lowest BCUT2D eigenvalue weighted by Gasteiger charge is -2.17. The predicted octanol–water partition coefficient (Wildman–Crippen LogP) is 3.66. The number of ether oxygens (including phenoxy) is 2. The van der Waals surface area contributed by atoms with E-state index in [9.17, 15) is 4.79 Å². The quantitative estimate of drug-likeness (QED) is 0.153. The van der Waals surface area contributed by atoms with Crippen molar-refractivity contribution in [3.63, 3.8) is 0 Å². The molecule has 5 aromatic rings. The molecule has 1 atom stereocenters. The highest BCUT2D eigenvalue weighted by molar-refractivity contribution is 6.06. The zero-order chi connectivity index (χ0) is 31.3. The van der Waals surface area contributed by atoms with E-state index in [0.29, 0.717) is 49.0 Å². The number of nitrogens with one attached hydrogen (secondary N) is 4. The number of aromatic nitrogens is 7. The van der Waals surface area contributed by atoms with Crippen LogP contribution in [0.2, 0.25) is 0 Å². The molecule has 1 saturated heterocycles. The molecular formula is C31H37N11O3. The zero-order valence-corrected chi connectivity index (χ0v) is 25.8. The van der Waals surface area contributed by atoms with Crippen molar-refractivity contribution in [1.82, 2.24) is 39.6 Å². The van der Waals surface area contributed by atoms with Gasteiger partial charge in [-0.3, -0.25) is 14.4 Å². The molecule has 0 aliphatic carbocycles. The highest BCUT2D eigenvalue weighted by atomic mass is 16.5. The van der Waals surface area contributed by atoms with Crippen LogP contribution in [0.15, 0.2) is 48.9 Å². The maximum atomic E-state index is 13.1. The lowest BCUT2D eigenvalue weighted by Crippen LogP contribution is -2.33. The number of aryl methyl sites for hydroxylation is 3. The smallest absolute Gasteiger partial charge is 0.238 e. The molecule has 4 N–H and O–H groups in total. The van der Waals surface area contributed by atoms with Gasteiger partial charge in [-0.15, -0.1) is 0 Å². The minimum atomic E-state index is -0.0960. The number of nitrogens with zero attached hydrogens (tertiary/aromatic N) is 7. The van der Waals surface area contributed by atoms with Crippen molar-refractivity contribution in [2.45, 2.75) is 26.4 Å². The second-order valence-electron chi connectivity index (χ2n) is 11.0. The zero-order valence-electron chi connectivity index (χ0n) is 25.8. The molecule has 234 valence electrons. The van der Waals surface area contributed by atoms with E-state index in [1.807, 2.05) is 51.4 Å². The third-order valence-corrected chi connectivity index (χ3v) is 7.67. The number of benzene rings is 1. The van der Waals surface area contributed by atoms with Gasteiger partial charge < -0.3 is 30.4 Å². The van der Waals surface area contributed by atoms with Crippen molar-refractivity contribution in [2.75, 3.05) is 55.8 Å². The van der Waals surface area contributed by atoms with Gasteiger partial charge >= 0.3 is 0 Å². The largest absolute Gasteiger partial charge is 0.473 e. The van der Waals surface area contributed by atoms with Crippen molar-refractivity contribution in [3.05, 3.63) is 60.2 Å². The van der Waals surface area contributed by atoms with Crippen LogP contribution < -0.4 is 20.7 Å². The summed E-state index contributed by atoms with van der Waals surface area (Å²) >= 11 is 0. The summed E-state index contributed by atoms with van der Waals surface area (Å²) in [5, 5.41) is 14.8. The van der Waals surface area contributed by atoms with Crippen molar-refractivity contribution in [1.29, 1.82) is 0 Å². The first-order chi connectivity index (χ1) is 21.9. The van der Waals surface area contributed by atoms with E-state index in [0.717, 1.165) is 46.4 Å². The van der Waals surface area contributed by atoms with Crippen LogP contribution in [0.3, 0.4) is 0 Å². The number of hydrogen-bond acceptors (Lipinski definition) is 11. The first-order valence-electron chi connectivity index (χ1n) is 14.8. The van der Waals surface area contributed by atoms with Crippen molar-refractivity contribution in [3.8, 4) is 17.1 Å². The second-order valence-corrected chi connectivity index (χ2v) is 11.0. The first kappa shape index (κ1) is 30.0. The monoisotopic (exact) mass is 611 g/mol. The Morgan fingerprint density at radius 3 is 2.87 bits per heavy atom. The van der Waals surface area contributed by atoms with Crippen molar-refractivity contribution < 1.29 is 14.3 Å². The Labute approximate surface area is 260 Å². The maximum Gasteiger partial charge on any atom is 0.238 e. The molecule has 45 heavy (non-hydrogen) atoms. The fraction of sp³-hybridized carbons (Fsp3) is 0.355. The van der Waals surface area contributed by atoms with Gasteiger partial charge in [0.1, 0.15) is 6.10 Å². The van der Waals surface area contributed by atoms with Gasteiger partial charge in [0.15, 0.2) is 5.82 Å². The first-order valence-corrected chi connectivity index (χ1v) is 14.8. The van der Waals surface area contributed by atoms with Gasteiger partial charge in [0.2, 0.25) is 23.7 Å². The fourth-order valence-electron chi connectivity index (χ4n) is 5.32. The molecule has 1 amide bonds. The van der Waals surface area contributed by atoms with Gasteiger partial charge in [-0.25, -0.2) is 15.0 Å². The molecule has 0 saturated carbocycles. The topological polar surface area (TPSA) is 160 Å². The third-order valence-electron chi connectivity index (χ3n) is 7.67. The molecule has 1 aliphatic heterocycles. The SMILES string of the molecule is COCCNc1nccc(O[C@H]2CCN(CC(=O)Nc3cccc4c(-c5nc(Nc6cc(C)n(C)n6)ncc5C)c[nH]c34)C2)n1.